The van der Waals surface area contributed by atoms with E-state index in [1.54, 1.807) is 0 Å². The van der Waals surface area contributed by atoms with Crippen LogP contribution in [0.5, 0.6) is 11.5 Å². The summed E-state index contributed by atoms with van der Waals surface area (Å²) in [6.45, 7) is 1.20. The summed E-state index contributed by atoms with van der Waals surface area (Å²) in [6.07, 6.45) is 0. The SMILES string of the molecule is c1ccc(COCc2cccc(-c3cccc(Oc4ccccc4)c3)c2)cc1. The van der Waals surface area contributed by atoms with Crippen LogP contribution in [0.2, 0.25) is 0 Å². The molecule has 2 nitrogen and oxygen atoms in total. The fraction of sp³-hybridized carbons (Fsp3) is 0.0769. The van der Waals surface area contributed by atoms with Gasteiger partial charge in [0.1, 0.15) is 11.5 Å². The molecule has 138 valence electrons. The predicted molar refractivity (Wildman–Crippen MR) is 113 cm³/mol. The molecule has 0 amide bonds. The maximum atomic E-state index is 5.96. The van der Waals surface area contributed by atoms with Gasteiger partial charge in [-0.1, -0.05) is 78.9 Å². The molecule has 0 aliphatic rings. The molecular weight excluding hydrogens is 344 g/mol. The molecule has 2 heteroatoms. The predicted octanol–water partition coefficient (Wildman–Crippen LogP) is 6.86. The normalized spacial score (nSPS) is 10.6. The summed E-state index contributed by atoms with van der Waals surface area (Å²) in [6, 6.07) is 36.7. The molecule has 0 N–H and O–H groups in total. The second-order valence-corrected chi connectivity index (χ2v) is 6.62. The third kappa shape index (κ3) is 4.87. The fourth-order valence-corrected chi connectivity index (χ4v) is 3.07. The zero-order chi connectivity index (χ0) is 19.0. The average Bonchev–Trinajstić information content (AvgIpc) is 2.76. The third-order valence-electron chi connectivity index (χ3n) is 4.45. The first-order valence-corrected chi connectivity index (χ1v) is 9.41. The van der Waals surface area contributed by atoms with Gasteiger partial charge >= 0.3 is 0 Å². The molecule has 4 rings (SSSR count). The van der Waals surface area contributed by atoms with Gasteiger partial charge in [-0.3, -0.25) is 0 Å². The van der Waals surface area contributed by atoms with E-state index in [1.165, 1.54) is 5.56 Å². The molecule has 28 heavy (non-hydrogen) atoms. The molecule has 0 spiro atoms. The molecule has 0 unspecified atom stereocenters. The minimum atomic E-state index is 0.586. The Labute approximate surface area is 166 Å². The number of hydrogen-bond donors (Lipinski definition) is 0. The van der Waals surface area contributed by atoms with Crippen molar-refractivity contribution in [2.75, 3.05) is 0 Å². The second kappa shape index (κ2) is 9.03. The van der Waals surface area contributed by atoms with Crippen LogP contribution in [-0.4, -0.2) is 0 Å². The summed E-state index contributed by atoms with van der Waals surface area (Å²) in [5, 5.41) is 0. The Balaban J connectivity index is 1.44. The Morgan fingerprint density at radius 1 is 0.464 bits per heavy atom. The third-order valence-corrected chi connectivity index (χ3v) is 4.45. The van der Waals surface area contributed by atoms with Gasteiger partial charge in [0.2, 0.25) is 0 Å². The lowest BCUT2D eigenvalue weighted by Crippen LogP contribution is -1.94. The van der Waals surface area contributed by atoms with Crippen LogP contribution in [0.25, 0.3) is 11.1 Å². The lowest BCUT2D eigenvalue weighted by atomic mass is 10.0. The monoisotopic (exact) mass is 366 g/mol. The van der Waals surface area contributed by atoms with Crippen molar-refractivity contribution in [3.05, 3.63) is 120 Å². The first kappa shape index (κ1) is 18.0. The number of para-hydroxylation sites is 1. The molecule has 0 saturated carbocycles. The number of hydrogen-bond acceptors (Lipinski definition) is 2. The molecule has 0 fully saturated rings. The van der Waals surface area contributed by atoms with Crippen molar-refractivity contribution in [1.29, 1.82) is 0 Å². The molecule has 0 aliphatic carbocycles. The molecule has 0 saturated heterocycles. The summed E-state index contributed by atoms with van der Waals surface area (Å²) in [7, 11) is 0. The van der Waals surface area contributed by atoms with Crippen LogP contribution < -0.4 is 4.74 Å². The van der Waals surface area contributed by atoms with E-state index in [1.807, 2.05) is 60.7 Å². The lowest BCUT2D eigenvalue weighted by molar-refractivity contribution is 0.107. The van der Waals surface area contributed by atoms with Crippen molar-refractivity contribution in [2.24, 2.45) is 0 Å². The largest absolute Gasteiger partial charge is 0.457 e. The van der Waals surface area contributed by atoms with Crippen LogP contribution in [0.15, 0.2) is 109 Å². The highest BCUT2D eigenvalue weighted by Gasteiger charge is 2.03. The molecule has 0 bridgehead atoms. The average molecular weight is 366 g/mol. The van der Waals surface area contributed by atoms with Crippen molar-refractivity contribution < 1.29 is 9.47 Å². The van der Waals surface area contributed by atoms with Crippen LogP contribution in [0.1, 0.15) is 11.1 Å². The molecule has 4 aromatic rings. The first-order valence-electron chi connectivity index (χ1n) is 9.41. The van der Waals surface area contributed by atoms with Gasteiger partial charge in [-0.2, -0.15) is 0 Å². The zero-order valence-electron chi connectivity index (χ0n) is 15.6. The quantitative estimate of drug-likeness (QED) is 0.355. The van der Waals surface area contributed by atoms with Crippen molar-refractivity contribution in [2.45, 2.75) is 13.2 Å². The van der Waals surface area contributed by atoms with E-state index in [0.29, 0.717) is 13.2 Å². The number of rotatable bonds is 7. The molecule has 0 atom stereocenters. The summed E-state index contributed by atoms with van der Waals surface area (Å²) >= 11 is 0. The van der Waals surface area contributed by atoms with Gasteiger partial charge < -0.3 is 9.47 Å². The van der Waals surface area contributed by atoms with Gasteiger partial charge in [-0.25, -0.2) is 0 Å². The van der Waals surface area contributed by atoms with Gasteiger partial charge in [-0.15, -0.1) is 0 Å². The van der Waals surface area contributed by atoms with Crippen LogP contribution in [0.3, 0.4) is 0 Å². The van der Waals surface area contributed by atoms with Crippen LogP contribution >= 0.6 is 0 Å². The molecule has 0 aromatic heterocycles. The molecule has 4 aromatic carbocycles. The van der Waals surface area contributed by atoms with Gasteiger partial charge in [0.05, 0.1) is 13.2 Å². The van der Waals surface area contributed by atoms with E-state index in [2.05, 4.69) is 48.5 Å². The maximum Gasteiger partial charge on any atom is 0.128 e. The zero-order valence-corrected chi connectivity index (χ0v) is 15.6. The van der Waals surface area contributed by atoms with E-state index >= 15 is 0 Å². The summed E-state index contributed by atoms with van der Waals surface area (Å²) in [5.41, 5.74) is 4.62. The smallest absolute Gasteiger partial charge is 0.128 e. The van der Waals surface area contributed by atoms with Gasteiger partial charge in [0, 0.05) is 0 Å². The minimum Gasteiger partial charge on any atom is -0.457 e. The van der Waals surface area contributed by atoms with Crippen LogP contribution in [-0.2, 0) is 18.0 Å². The van der Waals surface area contributed by atoms with E-state index in [4.69, 9.17) is 9.47 Å². The van der Waals surface area contributed by atoms with E-state index in [0.717, 1.165) is 28.2 Å². The fourth-order valence-electron chi connectivity index (χ4n) is 3.07. The van der Waals surface area contributed by atoms with Gasteiger partial charge in [0.15, 0.2) is 0 Å². The highest BCUT2D eigenvalue weighted by atomic mass is 16.5. The van der Waals surface area contributed by atoms with E-state index in [9.17, 15) is 0 Å². The summed E-state index contributed by atoms with van der Waals surface area (Å²) in [5.74, 6) is 1.66. The van der Waals surface area contributed by atoms with Crippen LogP contribution in [0.4, 0.5) is 0 Å². The second-order valence-electron chi connectivity index (χ2n) is 6.62. The number of benzene rings is 4. The summed E-state index contributed by atoms with van der Waals surface area (Å²) in [4.78, 5) is 0. The van der Waals surface area contributed by atoms with Gasteiger partial charge in [0.25, 0.3) is 0 Å². The Kier molecular flexibility index (Phi) is 5.81. The Hall–Kier alpha value is -3.36. The highest BCUT2D eigenvalue weighted by Crippen LogP contribution is 2.28. The number of ether oxygens (including phenoxy) is 2. The lowest BCUT2D eigenvalue weighted by Gasteiger charge is -2.10. The molecule has 0 heterocycles. The standard InChI is InChI=1S/C26H22O2/c1-3-9-21(10-4-1)19-27-20-22-11-7-12-23(17-22)24-13-8-16-26(18-24)28-25-14-5-2-6-15-25/h1-18H,19-20H2. The summed E-state index contributed by atoms with van der Waals surface area (Å²) < 4.78 is 11.8. The molecule has 0 aliphatic heterocycles. The molecular formula is C26H22O2. The van der Waals surface area contributed by atoms with Crippen molar-refractivity contribution in [3.63, 3.8) is 0 Å². The minimum absolute atomic E-state index is 0.586. The van der Waals surface area contributed by atoms with E-state index in [-0.39, 0.29) is 0 Å². The maximum absolute atomic E-state index is 5.96. The highest BCUT2D eigenvalue weighted by molar-refractivity contribution is 5.66. The van der Waals surface area contributed by atoms with Crippen molar-refractivity contribution in [1.82, 2.24) is 0 Å². The van der Waals surface area contributed by atoms with E-state index < -0.39 is 0 Å². The Bertz CT molecular complexity index is 1010. The van der Waals surface area contributed by atoms with Gasteiger partial charge in [-0.05, 0) is 52.6 Å². The first-order chi connectivity index (χ1) is 13.9. The van der Waals surface area contributed by atoms with Crippen molar-refractivity contribution >= 4 is 0 Å². The molecule has 0 radical (unpaired) electrons. The Morgan fingerprint density at radius 3 is 1.82 bits per heavy atom. The van der Waals surface area contributed by atoms with Crippen molar-refractivity contribution in [3.8, 4) is 22.6 Å². The van der Waals surface area contributed by atoms with Crippen LogP contribution in [0, 0.1) is 0 Å². The Morgan fingerprint density at radius 2 is 1.04 bits per heavy atom. The topological polar surface area (TPSA) is 18.5 Å².